The molecule has 0 saturated heterocycles. The summed E-state index contributed by atoms with van der Waals surface area (Å²) >= 11 is 13.9. The van der Waals surface area contributed by atoms with E-state index in [1.807, 2.05) is 38.1 Å². The fourth-order valence-corrected chi connectivity index (χ4v) is 4.85. The van der Waals surface area contributed by atoms with Crippen molar-refractivity contribution in [2.75, 3.05) is 19.4 Å². The van der Waals surface area contributed by atoms with Gasteiger partial charge in [-0.25, -0.2) is 0 Å². The summed E-state index contributed by atoms with van der Waals surface area (Å²) in [5.74, 6) is 1.24. The van der Waals surface area contributed by atoms with Crippen molar-refractivity contribution >= 4 is 46.8 Å². The molecule has 0 heterocycles. The lowest BCUT2D eigenvalue weighted by Crippen LogP contribution is -2.49. The van der Waals surface area contributed by atoms with E-state index in [1.165, 1.54) is 11.8 Å². The number of methoxy groups -OCH3 is 1. The first-order valence-corrected chi connectivity index (χ1v) is 12.5. The Bertz CT molecular complexity index is 873. The quantitative estimate of drug-likeness (QED) is 0.417. The Kier molecular flexibility index (Phi) is 11.2. The maximum absolute atomic E-state index is 13.2. The lowest BCUT2D eigenvalue weighted by Gasteiger charge is -2.30. The number of halogens is 2. The molecule has 0 radical (unpaired) electrons. The molecule has 32 heavy (non-hydrogen) atoms. The summed E-state index contributed by atoms with van der Waals surface area (Å²) in [6.07, 6.45) is 1.36. The molecule has 174 valence electrons. The first-order valence-electron chi connectivity index (χ1n) is 10.6. The fraction of sp³-hybridized carbons (Fsp3) is 0.417. The van der Waals surface area contributed by atoms with Gasteiger partial charge >= 0.3 is 0 Å². The van der Waals surface area contributed by atoms with Crippen molar-refractivity contribution in [3.05, 3.63) is 63.6 Å². The molecule has 0 unspecified atom stereocenters. The maximum atomic E-state index is 13.2. The van der Waals surface area contributed by atoms with Gasteiger partial charge in [0.05, 0.1) is 12.9 Å². The van der Waals surface area contributed by atoms with Crippen LogP contribution in [0.4, 0.5) is 0 Å². The number of benzene rings is 2. The van der Waals surface area contributed by atoms with Crippen molar-refractivity contribution in [2.45, 2.75) is 45.0 Å². The number of rotatable bonds is 12. The van der Waals surface area contributed by atoms with Gasteiger partial charge in [0, 0.05) is 28.9 Å². The highest BCUT2D eigenvalue weighted by Gasteiger charge is 2.28. The second-order valence-corrected chi connectivity index (χ2v) is 9.08. The van der Waals surface area contributed by atoms with E-state index in [9.17, 15) is 9.59 Å². The summed E-state index contributed by atoms with van der Waals surface area (Å²) in [6.45, 7) is 4.84. The highest BCUT2D eigenvalue weighted by atomic mass is 35.5. The predicted octanol–water partition coefficient (Wildman–Crippen LogP) is 5.57. The van der Waals surface area contributed by atoms with Gasteiger partial charge in [0.1, 0.15) is 11.8 Å². The van der Waals surface area contributed by atoms with E-state index in [0.29, 0.717) is 35.3 Å². The van der Waals surface area contributed by atoms with E-state index in [0.717, 1.165) is 23.3 Å². The predicted molar refractivity (Wildman–Crippen MR) is 134 cm³/mol. The zero-order valence-corrected chi connectivity index (χ0v) is 21.0. The first kappa shape index (κ1) is 26.4. The zero-order valence-electron chi connectivity index (χ0n) is 18.7. The highest BCUT2D eigenvalue weighted by molar-refractivity contribution is 7.99. The fourth-order valence-electron chi connectivity index (χ4n) is 3.21. The van der Waals surface area contributed by atoms with Crippen LogP contribution in [-0.2, 0) is 21.9 Å². The second kappa shape index (κ2) is 13.6. The SMILES string of the molecule is CCCNC(=O)[C@@H](CC)N(Cc1ccc(OC)cc1)C(=O)CSCc1c(Cl)cccc1Cl. The van der Waals surface area contributed by atoms with E-state index in [1.54, 1.807) is 30.2 Å². The molecule has 0 spiro atoms. The maximum Gasteiger partial charge on any atom is 0.242 e. The van der Waals surface area contributed by atoms with Crippen LogP contribution < -0.4 is 10.1 Å². The third-order valence-electron chi connectivity index (χ3n) is 4.98. The molecule has 0 bridgehead atoms. The zero-order chi connectivity index (χ0) is 23.5. The number of carbonyl (C=O) groups is 2. The normalized spacial score (nSPS) is 11.7. The van der Waals surface area contributed by atoms with Crippen LogP contribution >= 0.6 is 35.0 Å². The number of hydrogen-bond donors (Lipinski definition) is 1. The largest absolute Gasteiger partial charge is 0.497 e. The molecule has 8 heteroatoms. The third kappa shape index (κ3) is 7.61. The minimum Gasteiger partial charge on any atom is -0.497 e. The highest BCUT2D eigenvalue weighted by Crippen LogP contribution is 2.28. The van der Waals surface area contributed by atoms with E-state index < -0.39 is 6.04 Å². The minimum absolute atomic E-state index is 0.104. The number of carbonyl (C=O) groups excluding carboxylic acids is 2. The van der Waals surface area contributed by atoms with E-state index in [2.05, 4.69) is 5.32 Å². The van der Waals surface area contributed by atoms with Crippen LogP contribution in [0.2, 0.25) is 10.0 Å². The van der Waals surface area contributed by atoms with E-state index >= 15 is 0 Å². The molecule has 2 amide bonds. The van der Waals surface area contributed by atoms with Crippen LogP contribution in [0.25, 0.3) is 0 Å². The number of hydrogen-bond acceptors (Lipinski definition) is 4. The standard InChI is InChI=1S/C24H30Cl2N2O3S/c1-4-13-27-24(30)22(5-2)28(14-17-9-11-18(31-3)12-10-17)23(29)16-32-15-19-20(25)7-6-8-21(19)26/h6-12,22H,4-5,13-16H2,1-3H3,(H,27,30)/t22-/m1/s1. The summed E-state index contributed by atoms with van der Waals surface area (Å²) in [7, 11) is 1.61. The van der Waals surface area contributed by atoms with Gasteiger partial charge in [-0.2, -0.15) is 0 Å². The van der Waals surface area contributed by atoms with Crippen molar-refractivity contribution in [1.29, 1.82) is 0 Å². The number of thioether (sulfide) groups is 1. The Morgan fingerprint density at radius 1 is 1.09 bits per heavy atom. The van der Waals surface area contributed by atoms with Crippen molar-refractivity contribution in [3.8, 4) is 5.75 Å². The van der Waals surface area contributed by atoms with Gasteiger partial charge in [-0.1, -0.05) is 55.2 Å². The summed E-state index contributed by atoms with van der Waals surface area (Å²) in [6, 6.07) is 12.3. The number of ether oxygens (including phenoxy) is 1. The van der Waals surface area contributed by atoms with Gasteiger partial charge < -0.3 is 15.0 Å². The average molecular weight is 497 g/mol. The smallest absolute Gasteiger partial charge is 0.242 e. The molecule has 5 nitrogen and oxygen atoms in total. The van der Waals surface area contributed by atoms with Crippen molar-refractivity contribution in [2.24, 2.45) is 0 Å². The minimum atomic E-state index is -0.541. The van der Waals surface area contributed by atoms with Crippen LogP contribution in [0.5, 0.6) is 5.75 Å². The monoisotopic (exact) mass is 496 g/mol. The molecule has 1 atom stereocenters. The van der Waals surface area contributed by atoms with Crippen molar-refractivity contribution in [3.63, 3.8) is 0 Å². The van der Waals surface area contributed by atoms with Gasteiger partial charge in [-0.05, 0) is 48.2 Å². The van der Waals surface area contributed by atoms with Gasteiger partial charge in [-0.15, -0.1) is 11.8 Å². The topological polar surface area (TPSA) is 58.6 Å². The second-order valence-electron chi connectivity index (χ2n) is 7.28. The van der Waals surface area contributed by atoms with Gasteiger partial charge in [0.25, 0.3) is 0 Å². The molecule has 0 aromatic heterocycles. The summed E-state index contributed by atoms with van der Waals surface area (Å²) in [5, 5.41) is 4.09. The molecule has 2 rings (SSSR count). The van der Waals surface area contributed by atoms with Crippen LogP contribution in [0.15, 0.2) is 42.5 Å². The molecular weight excluding hydrogens is 467 g/mol. The van der Waals surface area contributed by atoms with Gasteiger partial charge in [0.15, 0.2) is 0 Å². The van der Waals surface area contributed by atoms with E-state index in [4.69, 9.17) is 27.9 Å². The molecule has 1 N–H and O–H groups in total. The number of amides is 2. The third-order valence-corrected chi connectivity index (χ3v) is 6.63. The molecular formula is C24H30Cl2N2O3S. The van der Waals surface area contributed by atoms with Crippen LogP contribution in [0, 0.1) is 0 Å². The summed E-state index contributed by atoms with van der Waals surface area (Å²) in [5.41, 5.74) is 1.74. The Morgan fingerprint density at radius 2 is 1.75 bits per heavy atom. The molecule has 0 aliphatic rings. The van der Waals surface area contributed by atoms with Crippen molar-refractivity contribution in [1.82, 2.24) is 10.2 Å². The molecule has 2 aromatic rings. The molecule has 2 aromatic carbocycles. The first-order chi connectivity index (χ1) is 15.4. The lowest BCUT2D eigenvalue weighted by molar-refractivity contribution is -0.139. The van der Waals surface area contributed by atoms with Gasteiger partial charge in [-0.3, -0.25) is 9.59 Å². The summed E-state index contributed by atoms with van der Waals surface area (Å²) < 4.78 is 5.22. The molecule has 0 aliphatic carbocycles. The summed E-state index contributed by atoms with van der Waals surface area (Å²) in [4.78, 5) is 27.7. The Morgan fingerprint density at radius 3 is 2.31 bits per heavy atom. The Hall–Kier alpha value is -1.89. The molecule has 0 fully saturated rings. The van der Waals surface area contributed by atoms with E-state index in [-0.39, 0.29) is 17.6 Å². The Labute approximate surface area is 204 Å². The van der Waals surface area contributed by atoms with Crippen LogP contribution in [-0.4, -0.2) is 42.2 Å². The lowest BCUT2D eigenvalue weighted by atomic mass is 10.1. The Balaban J connectivity index is 2.15. The van der Waals surface area contributed by atoms with Gasteiger partial charge in [0.2, 0.25) is 11.8 Å². The number of nitrogens with zero attached hydrogens (tertiary/aromatic N) is 1. The average Bonchev–Trinajstić information content (AvgIpc) is 2.79. The molecule has 0 saturated carbocycles. The van der Waals surface area contributed by atoms with Crippen LogP contribution in [0.1, 0.15) is 37.8 Å². The number of nitrogens with one attached hydrogen (secondary N) is 1. The van der Waals surface area contributed by atoms with Crippen LogP contribution in [0.3, 0.4) is 0 Å². The van der Waals surface area contributed by atoms with Crippen molar-refractivity contribution < 1.29 is 14.3 Å². The molecule has 0 aliphatic heterocycles.